The van der Waals surface area contributed by atoms with Crippen LogP contribution in [0.1, 0.15) is 70.4 Å². The van der Waals surface area contributed by atoms with Gasteiger partial charge in [-0.25, -0.2) is 4.68 Å². The third-order valence-corrected chi connectivity index (χ3v) is 7.22. The van der Waals surface area contributed by atoms with Crippen LogP contribution in [0.2, 0.25) is 0 Å². The second kappa shape index (κ2) is 8.75. The first kappa shape index (κ1) is 22.4. The first-order valence-corrected chi connectivity index (χ1v) is 12.2. The third kappa shape index (κ3) is 3.61. The number of amides is 2. The molecule has 0 spiro atoms. The minimum absolute atomic E-state index is 0.0161. The van der Waals surface area contributed by atoms with E-state index in [1.54, 1.807) is 0 Å². The summed E-state index contributed by atoms with van der Waals surface area (Å²) in [6.45, 7) is 9.59. The molecular weight excluding hydrogens is 424 g/mol. The molecule has 2 amide bonds. The fourth-order valence-corrected chi connectivity index (χ4v) is 5.64. The van der Waals surface area contributed by atoms with Crippen LogP contribution in [0.4, 0.5) is 0 Å². The van der Waals surface area contributed by atoms with Crippen LogP contribution in [0, 0.1) is 19.8 Å². The topological polar surface area (TPSA) is 58.4 Å². The average Bonchev–Trinajstić information content (AvgIpc) is 3.35. The summed E-state index contributed by atoms with van der Waals surface area (Å²) in [7, 11) is 0. The van der Waals surface area contributed by atoms with Crippen molar-refractivity contribution in [3.8, 4) is 5.69 Å². The molecule has 0 bridgehead atoms. The molecule has 1 aromatic heterocycles. The first-order chi connectivity index (χ1) is 16.4. The molecule has 5 rings (SSSR count). The molecule has 2 unspecified atom stereocenters. The van der Waals surface area contributed by atoms with Crippen LogP contribution in [0.5, 0.6) is 0 Å². The number of nitrogens with zero attached hydrogens (tertiary/aromatic N) is 4. The lowest BCUT2D eigenvalue weighted by Crippen LogP contribution is -2.51. The molecule has 1 fully saturated rings. The number of aromatic nitrogens is 2. The number of piperidine rings is 1. The van der Waals surface area contributed by atoms with Gasteiger partial charge in [0.1, 0.15) is 5.69 Å². The number of rotatable bonds is 4. The number of carbonyl (C=O) groups excluding carboxylic acids is 2. The van der Waals surface area contributed by atoms with Crippen molar-refractivity contribution in [3.05, 3.63) is 82.7 Å². The van der Waals surface area contributed by atoms with Crippen molar-refractivity contribution in [3.63, 3.8) is 0 Å². The number of likely N-dealkylation sites (tertiary alicyclic amines) is 1. The van der Waals surface area contributed by atoms with Gasteiger partial charge in [0.15, 0.2) is 0 Å². The maximum absolute atomic E-state index is 14.0. The standard InChI is InChI=1S/C28H32N4O2/c1-18(2)25-24-20(4)29-32(21-12-6-5-7-13-21)26(24)28(34)31(25)22-14-10-16-30(17-22)27(33)23-15-9-8-11-19(23)3/h5-9,11-13,15,18,22,25H,10,14,16-17H2,1-4H3. The molecule has 2 aromatic carbocycles. The van der Waals surface area contributed by atoms with Crippen molar-refractivity contribution < 1.29 is 9.59 Å². The van der Waals surface area contributed by atoms with Gasteiger partial charge >= 0.3 is 0 Å². The van der Waals surface area contributed by atoms with Crippen molar-refractivity contribution in [1.82, 2.24) is 19.6 Å². The van der Waals surface area contributed by atoms with Crippen LogP contribution < -0.4 is 0 Å². The zero-order chi connectivity index (χ0) is 24.0. The van der Waals surface area contributed by atoms with Crippen LogP contribution in [-0.4, -0.2) is 50.5 Å². The molecule has 34 heavy (non-hydrogen) atoms. The van der Waals surface area contributed by atoms with E-state index in [-0.39, 0.29) is 29.8 Å². The quantitative estimate of drug-likeness (QED) is 0.558. The minimum atomic E-state index is -0.0431. The predicted molar refractivity (Wildman–Crippen MR) is 132 cm³/mol. The van der Waals surface area contributed by atoms with E-state index in [9.17, 15) is 9.59 Å². The smallest absolute Gasteiger partial charge is 0.273 e. The third-order valence-electron chi connectivity index (χ3n) is 7.22. The van der Waals surface area contributed by atoms with Crippen LogP contribution in [0.3, 0.4) is 0 Å². The van der Waals surface area contributed by atoms with E-state index in [4.69, 9.17) is 5.10 Å². The van der Waals surface area contributed by atoms with Crippen LogP contribution >= 0.6 is 0 Å². The minimum Gasteiger partial charge on any atom is -0.337 e. The number of hydrogen-bond acceptors (Lipinski definition) is 3. The van der Waals surface area contributed by atoms with Crippen molar-refractivity contribution in [2.75, 3.05) is 13.1 Å². The predicted octanol–water partition coefficient (Wildman–Crippen LogP) is 4.95. The molecule has 1 saturated heterocycles. The largest absolute Gasteiger partial charge is 0.337 e. The number of hydrogen-bond donors (Lipinski definition) is 0. The lowest BCUT2D eigenvalue weighted by molar-refractivity contribution is 0.0343. The maximum Gasteiger partial charge on any atom is 0.273 e. The lowest BCUT2D eigenvalue weighted by atomic mass is 9.94. The second-order valence-electron chi connectivity index (χ2n) is 9.86. The Hall–Kier alpha value is -3.41. The van der Waals surface area contributed by atoms with E-state index in [1.807, 2.05) is 78.0 Å². The van der Waals surface area contributed by atoms with Gasteiger partial charge in [-0.3, -0.25) is 9.59 Å². The van der Waals surface area contributed by atoms with Gasteiger partial charge in [0.25, 0.3) is 11.8 Å². The van der Waals surface area contributed by atoms with E-state index in [2.05, 4.69) is 18.7 Å². The van der Waals surface area contributed by atoms with Crippen LogP contribution in [0.25, 0.3) is 5.69 Å². The highest BCUT2D eigenvalue weighted by atomic mass is 16.2. The fourth-order valence-electron chi connectivity index (χ4n) is 5.64. The molecule has 3 aromatic rings. The van der Waals surface area contributed by atoms with Gasteiger partial charge in [-0.05, 0) is 56.4 Å². The summed E-state index contributed by atoms with van der Waals surface area (Å²) in [4.78, 5) is 31.3. The summed E-state index contributed by atoms with van der Waals surface area (Å²) in [6, 6.07) is 17.5. The molecular formula is C28H32N4O2. The monoisotopic (exact) mass is 456 g/mol. The molecule has 2 aliphatic heterocycles. The van der Waals surface area contributed by atoms with Crippen molar-refractivity contribution in [2.24, 2.45) is 5.92 Å². The van der Waals surface area contributed by atoms with E-state index in [1.165, 1.54) is 0 Å². The molecule has 0 saturated carbocycles. The van der Waals surface area contributed by atoms with Crippen molar-refractivity contribution in [1.29, 1.82) is 0 Å². The fraction of sp³-hybridized carbons (Fsp3) is 0.393. The molecule has 0 aliphatic carbocycles. The summed E-state index contributed by atoms with van der Waals surface area (Å²) >= 11 is 0. The second-order valence-corrected chi connectivity index (χ2v) is 9.86. The lowest BCUT2D eigenvalue weighted by Gasteiger charge is -2.41. The first-order valence-electron chi connectivity index (χ1n) is 12.2. The summed E-state index contributed by atoms with van der Waals surface area (Å²) in [6.07, 6.45) is 1.78. The van der Waals surface area contributed by atoms with Gasteiger partial charge in [-0.15, -0.1) is 0 Å². The highest BCUT2D eigenvalue weighted by Crippen LogP contribution is 2.43. The Labute approximate surface area is 201 Å². The molecule has 176 valence electrons. The highest BCUT2D eigenvalue weighted by Gasteiger charge is 2.47. The Kier molecular flexibility index (Phi) is 5.76. The summed E-state index contributed by atoms with van der Waals surface area (Å²) in [5.74, 6) is 0.313. The highest BCUT2D eigenvalue weighted by molar-refractivity contribution is 5.99. The summed E-state index contributed by atoms with van der Waals surface area (Å²) in [5.41, 5.74) is 5.23. The summed E-state index contributed by atoms with van der Waals surface area (Å²) < 4.78 is 1.81. The number of aryl methyl sites for hydroxylation is 2. The van der Waals surface area contributed by atoms with Gasteiger partial charge in [0.05, 0.1) is 23.5 Å². The Morgan fingerprint density at radius 1 is 1.03 bits per heavy atom. The van der Waals surface area contributed by atoms with Gasteiger partial charge in [-0.1, -0.05) is 50.2 Å². The van der Waals surface area contributed by atoms with Crippen LogP contribution in [0.15, 0.2) is 54.6 Å². The van der Waals surface area contributed by atoms with Gasteiger partial charge in [-0.2, -0.15) is 5.10 Å². The van der Waals surface area contributed by atoms with Gasteiger partial charge in [0, 0.05) is 24.2 Å². The maximum atomic E-state index is 14.0. The molecule has 2 aliphatic rings. The molecule has 6 heteroatoms. The average molecular weight is 457 g/mol. The number of benzene rings is 2. The van der Waals surface area contributed by atoms with E-state index >= 15 is 0 Å². The molecule has 3 heterocycles. The van der Waals surface area contributed by atoms with E-state index in [0.29, 0.717) is 12.2 Å². The van der Waals surface area contributed by atoms with E-state index in [0.717, 1.165) is 47.5 Å². The SMILES string of the molecule is Cc1ccccc1C(=O)N1CCCC(N2C(=O)c3c(c(C)nn3-c3ccccc3)C2C(C)C)C1. The van der Waals surface area contributed by atoms with Gasteiger partial charge in [0.2, 0.25) is 0 Å². The van der Waals surface area contributed by atoms with E-state index < -0.39 is 0 Å². The molecule has 0 N–H and O–H groups in total. The van der Waals surface area contributed by atoms with Crippen molar-refractivity contribution >= 4 is 11.8 Å². The molecule has 0 radical (unpaired) electrons. The Balaban J connectivity index is 1.49. The van der Waals surface area contributed by atoms with Crippen molar-refractivity contribution in [2.45, 2.75) is 52.6 Å². The molecule has 2 atom stereocenters. The number of carbonyl (C=O) groups is 2. The summed E-state index contributed by atoms with van der Waals surface area (Å²) in [5, 5.41) is 4.76. The zero-order valence-electron chi connectivity index (χ0n) is 20.4. The van der Waals surface area contributed by atoms with Gasteiger partial charge < -0.3 is 9.80 Å². The van der Waals surface area contributed by atoms with Crippen LogP contribution in [-0.2, 0) is 0 Å². The zero-order valence-corrected chi connectivity index (χ0v) is 20.4. The molecule has 6 nitrogen and oxygen atoms in total. The number of para-hydroxylation sites is 1. The normalized spacial score (nSPS) is 20.2. The Bertz CT molecular complexity index is 1230. The number of fused-ring (bicyclic) bond motifs is 1. The Morgan fingerprint density at radius 2 is 1.74 bits per heavy atom. The Morgan fingerprint density at radius 3 is 2.44 bits per heavy atom.